The highest BCUT2D eigenvalue weighted by atomic mass is 15.2. The SMILES string of the molecule is Cc1ccc2nc(N)n(CC(C3CC3)C3CC3)c2n1. The lowest BCUT2D eigenvalue weighted by atomic mass is 9.98. The number of pyridine rings is 1. The summed E-state index contributed by atoms with van der Waals surface area (Å²) in [6, 6.07) is 4.02. The van der Waals surface area contributed by atoms with E-state index in [2.05, 4.69) is 14.5 Å². The zero-order valence-electron chi connectivity index (χ0n) is 11.3. The van der Waals surface area contributed by atoms with Gasteiger partial charge in [0.15, 0.2) is 5.65 Å². The maximum absolute atomic E-state index is 6.10. The molecule has 2 aliphatic carbocycles. The van der Waals surface area contributed by atoms with Crippen LogP contribution in [-0.4, -0.2) is 14.5 Å². The number of hydrogen-bond donors (Lipinski definition) is 1. The summed E-state index contributed by atoms with van der Waals surface area (Å²) < 4.78 is 2.14. The smallest absolute Gasteiger partial charge is 0.202 e. The summed E-state index contributed by atoms with van der Waals surface area (Å²) in [6.45, 7) is 3.03. The van der Waals surface area contributed by atoms with E-state index >= 15 is 0 Å². The van der Waals surface area contributed by atoms with E-state index in [0.717, 1.165) is 41.2 Å². The summed E-state index contributed by atoms with van der Waals surface area (Å²) in [5, 5.41) is 0. The molecular weight excluding hydrogens is 236 g/mol. The Bertz CT molecular complexity index is 610. The minimum absolute atomic E-state index is 0.624. The van der Waals surface area contributed by atoms with Crippen LogP contribution in [0.1, 0.15) is 31.4 Å². The fourth-order valence-corrected chi connectivity index (χ4v) is 3.24. The van der Waals surface area contributed by atoms with Crippen LogP contribution < -0.4 is 5.73 Å². The van der Waals surface area contributed by atoms with E-state index in [4.69, 9.17) is 5.73 Å². The van der Waals surface area contributed by atoms with Crippen molar-refractivity contribution in [3.8, 4) is 0 Å². The van der Waals surface area contributed by atoms with Gasteiger partial charge in [-0.3, -0.25) is 4.57 Å². The van der Waals surface area contributed by atoms with Gasteiger partial charge in [-0.25, -0.2) is 9.97 Å². The average Bonchev–Trinajstić information content (AvgIpc) is 3.25. The van der Waals surface area contributed by atoms with Gasteiger partial charge >= 0.3 is 0 Å². The van der Waals surface area contributed by atoms with E-state index in [1.807, 2.05) is 19.1 Å². The molecule has 4 heteroatoms. The number of aromatic nitrogens is 3. The first-order valence-corrected chi connectivity index (χ1v) is 7.32. The molecule has 2 saturated carbocycles. The maximum atomic E-state index is 6.10. The fraction of sp³-hybridized carbons (Fsp3) is 0.600. The lowest BCUT2D eigenvalue weighted by Gasteiger charge is -2.17. The molecule has 4 rings (SSSR count). The van der Waals surface area contributed by atoms with E-state index in [0.29, 0.717) is 5.95 Å². The quantitative estimate of drug-likeness (QED) is 0.915. The Morgan fingerprint density at radius 2 is 1.89 bits per heavy atom. The topological polar surface area (TPSA) is 56.7 Å². The third-order valence-electron chi connectivity index (χ3n) is 4.61. The summed E-state index contributed by atoms with van der Waals surface area (Å²) in [5.74, 6) is 3.27. The van der Waals surface area contributed by atoms with Crippen molar-refractivity contribution in [2.24, 2.45) is 17.8 Å². The van der Waals surface area contributed by atoms with Crippen LogP contribution in [-0.2, 0) is 6.54 Å². The number of nitrogens with two attached hydrogens (primary N) is 1. The maximum Gasteiger partial charge on any atom is 0.202 e. The molecule has 2 fully saturated rings. The molecule has 0 spiro atoms. The van der Waals surface area contributed by atoms with Gasteiger partial charge in [-0.1, -0.05) is 0 Å². The van der Waals surface area contributed by atoms with E-state index in [1.165, 1.54) is 25.7 Å². The molecule has 0 amide bonds. The van der Waals surface area contributed by atoms with Crippen LogP contribution >= 0.6 is 0 Å². The van der Waals surface area contributed by atoms with Crippen molar-refractivity contribution in [3.63, 3.8) is 0 Å². The molecule has 19 heavy (non-hydrogen) atoms. The lowest BCUT2D eigenvalue weighted by molar-refractivity contribution is 0.354. The molecule has 0 aliphatic heterocycles. The van der Waals surface area contributed by atoms with Crippen molar-refractivity contribution in [3.05, 3.63) is 17.8 Å². The second-order valence-corrected chi connectivity index (χ2v) is 6.21. The molecule has 100 valence electrons. The third kappa shape index (κ3) is 1.99. The number of aryl methyl sites for hydroxylation is 1. The van der Waals surface area contributed by atoms with E-state index in [1.54, 1.807) is 0 Å². The number of anilines is 1. The van der Waals surface area contributed by atoms with Crippen molar-refractivity contribution in [2.75, 3.05) is 5.73 Å². The molecule has 0 aromatic carbocycles. The van der Waals surface area contributed by atoms with Crippen molar-refractivity contribution in [1.29, 1.82) is 0 Å². The van der Waals surface area contributed by atoms with E-state index in [-0.39, 0.29) is 0 Å². The van der Waals surface area contributed by atoms with Crippen LogP contribution in [0.4, 0.5) is 5.95 Å². The summed E-state index contributed by atoms with van der Waals surface area (Å²) in [4.78, 5) is 9.07. The normalized spacial score (nSPS) is 19.5. The van der Waals surface area contributed by atoms with E-state index in [9.17, 15) is 0 Å². The van der Waals surface area contributed by atoms with E-state index < -0.39 is 0 Å². The van der Waals surface area contributed by atoms with Crippen LogP contribution in [0.5, 0.6) is 0 Å². The van der Waals surface area contributed by atoms with Crippen LogP contribution in [0.25, 0.3) is 11.2 Å². The van der Waals surface area contributed by atoms with Crippen LogP contribution in [0.2, 0.25) is 0 Å². The Hall–Kier alpha value is -1.58. The largest absolute Gasteiger partial charge is 0.369 e. The monoisotopic (exact) mass is 256 g/mol. The minimum atomic E-state index is 0.624. The van der Waals surface area contributed by atoms with Crippen LogP contribution in [0, 0.1) is 24.7 Å². The van der Waals surface area contributed by atoms with Crippen molar-refractivity contribution in [1.82, 2.24) is 14.5 Å². The molecule has 2 aliphatic rings. The zero-order chi connectivity index (χ0) is 13.0. The standard InChI is InChI=1S/C15H20N4/c1-9-2-7-13-14(17-9)19(15(16)18-13)8-12(10-3-4-10)11-5-6-11/h2,7,10-12H,3-6,8H2,1H3,(H2,16,18). The number of imidazole rings is 1. The molecule has 0 saturated heterocycles. The molecule has 2 heterocycles. The minimum Gasteiger partial charge on any atom is -0.369 e. The number of nitrogen functional groups attached to an aromatic ring is 1. The number of nitrogens with zero attached hydrogens (tertiary/aromatic N) is 3. The van der Waals surface area contributed by atoms with Gasteiger partial charge in [0.05, 0.1) is 0 Å². The highest BCUT2D eigenvalue weighted by Gasteiger charge is 2.41. The average molecular weight is 256 g/mol. The second kappa shape index (κ2) is 3.95. The molecule has 2 N–H and O–H groups in total. The van der Waals surface area contributed by atoms with Crippen molar-refractivity contribution >= 4 is 17.1 Å². The second-order valence-electron chi connectivity index (χ2n) is 6.21. The highest BCUT2D eigenvalue weighted by molar-refractivity contribution is 5.74. The predicted molar refractivity (Wildman–Crippen MR) is 75.6 cm³/mol. The van der Waals surface area contributed by atoms with Gasteiger partial charge in [0.25, 0.3) is 0 Å². The molecule has 4 nitrogen and oxygen atoms in total. The Balaban J connectivity index is 1.72. The molecule has 2 aromatic rings. The first kappa shape index (κ1) is 11.3. The zero-order valence-corrected chi connectivity index (χ0v) is 11.3. The van der Waals surface area contributed by atoms with Crippen LogP contribution in [0.15, 0.2) is 12.1 Å². The van der Waals surface area contributed by atoms with Crippen molar-refractivity contribution < 1.29 is 0 Å². The highest BCUT2D eigenvalue weighted by Crippen LogP contribution is 2.50. The third-order valence-corrected chi connectivity index (χ3v) is 4.61. The fourth-order valence-electron chi connectivity index (χ4n) is 3.24. The van der Waals surface area contributed by atoms with Crippen molar-refractivity contribution in [2.45, 2.75) is 39.2 Å². The first-order chi connectivity index (χ1) is 9.22. The predicted octanol–water partition coefficient (Wildman–Crippen LogP) is 2.76. The number of fused-ring (bicyclic) bond motifs is 1. The van der Waals surface area contributed by atoms with Gasteiger partial charge < -0.3 is 5.73 Å². The van der Waals surface area contributed by atoms with Gasteiger partial charge in [-0.2, -0.15) is 0 Å². The van der Waals surface area contributed by atoms with Gasteiger partial charge in [-0.05, 0) is 62.5 Å². The molecule has 0 radical (unpaired) electrons. The van der Waals surface area contributed by atoms with Gasteiger partial charge in [0.2, 0.25) is 5.95 Å². The molecule has 0 atom stereocenters. The summed E-state index contributed by atoms with van der Waals surface area (Å²) in [5.41, 5.74) is 9.02. The van der Waals surface area contributed by atoms with Gasteiger partial charge in [0, 0.05) is 12.2 Å². The summed E-state index contributed by atoms with van der Waals surface area (Å²) in [6.07, 6.45) is 5.61. The summed E-state index contributed by atoms with van der Waals surface area (Å²) >= 11 is 0. The van der Waals surface area contributed by atoms with Gasteiger partial charge in [-0.15, -0.1) is 0 Å². The Labute approximate surface area is 113 Å². The van der Waals surface area contributed by atoms with Gasteiger partial charge in [0.1, 0.15) is 5.52 Å². The molecular formula is C15H20N4. The number of rotatable bonds is 4. The Morgan fingerprint density at radius 1 is 1.21 bits per heavy atom. The first-order valence-electron chi connectivity index (χ1n) is 7.32. The van der Waals surface area contributed by atoms with Crippen LogP contribution in [0.3, 0.4) is 0 Å². The molecule has 0 bridgehead atoms. The molecule has 2 aromatic heterocycles. The Kier molecular flexibility index (Phi) is 2.34. The summed E-state index contributed by atoms with van der Waals surface area (Å²) in [7, 11) is 0. The molecule has 0 unspecified atom stereocenters. The lowest BCUT2D eigenvalue weighted by Crippen LogP contribution is -2.17. The number of hydrogen-bond acceptors (Lipinski definition) is 3. The Morgan fingerprint density at radius 3 is 2.53 bits per heavy atom.